The van der Waals surface area contributed by atoms with Crippen LogP contribution in [0.15, 0.2) is 65.5 Å². The van der Waals surface area contributed by atoms with Crippen molar-refractivity contribution in [2.45, 2.75) is 26.9 Å². The maximum atomic E-state index is 12.5. The number of fused-ring (bicyclic) bond motifs is 1. The number of aryl methyl sites for hydroxylation is 2. The van der Waals surface area contributed by atoms with E-state index in [4.69, 9.17) is 0 Å². The van der Waals surface area contributed by atoms with Crippen molar-refractivity contribution in [2.24, 2.45) is 0 Å². The van der Waals surface area contributed by atoms with Gasteiger partial charge >= 0.3 is 0 Å². The van der Waals surface area contributed by atoms with Gasteiger partial charge in [0, 0.05) is 23.9 Å². The Balaban J connectivity index is 1.65. The van der Waals surface area contributed by atoms with Gasteiger partial charge in [0.05, 0.1) is 0 Å². The van der Waals surface area contributed by atoms with E-state index < -0.39 is 0 Å². The number of rotatable bonds is 5. The van der Waals surface area contributed by atoms with Gasteiger partial charge in [-0.2, -0.15) is 9.50 Å². The van der Waals surface area contributed by atoms with Crippen LogP contribution < -0.4 is 10.9 Å². The zero-order chi connectivity index (χ0) is 20.4. The molecule has 7 heteroatoms. The van der Waals surface area contributed by atoms with Gasteiger partial charge in [0.2, 0.25) is 11.7 Å². The fourth-order valence-electron chi connectivity index (χ4n) is 3.20. The molecule has 0 spiro atoms. The van der Waals surface area contributed by atoms with E-state index in [9.17, 15) is 9.59 Å². The summed E-state index contributed by atoms with van der Waals surface area (Å²) in [7, 11) is 0. The zero-order valence-corrected chi connectivity index (χ0v) is 16.3. The highest BCUT2D eigenvalue weighted by molar-refractivity contribution is 5.76. The SMILES string of the molecule is Cc1cccc(-c2nc3n(CC(=O)NCc4ccccc4)c(C)cc(=O)n3n2)c1. The largest absolute Gasteiger partial charge is 0.350 e. The summed E-state index contributed by atoms with van der Waals surface area (Å²) < 4.78 is 2.95. The number of carbonyl (C=O) groups excluding carboxylic acids is 1. The smallest absolute Gasteiger partial charge is 0.275 e. The van der Waals surface area contributed by atoms with Crippen molar-refractivity contribution in [1.29, 1.82) is 0 Å². The lowest BCUT2D eigenvalue weighted by molar-refractivity contribution is -0.121. The highest BCUT2D eigenvalue weighted by Crippen LogP contribution is 2.17. The summed E-state index contributed by atoms with van der Waals surface area (Å²) in [5, 5.41) is 7.27. The maximum Gasteiger partial charge on any atom is 0.275 e. The summed E-state index contributed by atoms with van der Waals surface area (Å²) in [6.45, 7) is 4.26. The van der Waals surface area contributed by atoms with Crippen molar-refractivity contribution in [3.63, 3.8) is 0 Å². The molecule has 29 heavy (non-hydrogen) atoms. The molecule has 0 aliphatic carbocycles. The molecule has 146 valence electrons. The second kappa shape index (κ2) is 7.71. The third-order valence-corrected chi connectivity index (χ3v) is 4.71. The van der Waals surface area contributed by atoms with Crippen LogP contribution in [0, 0.1) is 13.8 Å². The molecule has 0 fully saturated rings. The van der Waals surface area contributed by atoms with Crippen LogP contribution in [-0.2, 0) is 17.9 Å². The van der Waals surface area contributed by atoms with Crippen LogP contribution in [0.1, 0.15) is 16.8 Å². The molecule has 2 aromatic carbocycles. The minimum atomic E-state index is -0.273. The molecule has 4 aromatic rings. The molecule has 0 unspecified atom stereocenters. The topological polar surface area (TPSA) is 81.3 Å². The van der Waals surface area contributed by atoms with E-state index in [2.05, 4.69) is 15.4 Å². The first-order valence-electron chi connectivity index (χ1n) is 9.36. The lowest BCUT2D eigenvalue weighted by Gasteiger charge is -2.11. The number of carbonyl (C=O) groups is 1. The van der Waals surface area contributed by atoms with E-state index in [0.717, 1.165) is 16.7 Å². The highest BCUT2D eigenvalue weighted by Gasteiger charge is 2.15. The van der Waals surface area contributed by atoms with E-state index in [1.807, 2.05) is 61.5 Å². The predicted octanol–water partition coefficient (Wildman–Crippen LogP) is 2.49. The quantitative estimate of drug-likeness (QED) is 0.570. The summed E-state index contributed by atoms with van der Waals surface area (Å²) in [6.07, 6.45) is 0. The number of aromatic nitrogens is 4. The zero-order valence-electron chi connectivity index (χ0n) is 16.3. The second-order valence-electron chi connectivity index (χ2n) is 6.99. The Morgan fingerprint density at radius 3 is 2.59 bits per heavy atom. The Labute approximate surface area is 167 Å². The summed E-state index contributed by atoms with van der Waals surface area (Å²) >= 11 is 0. The van der Waals surface area contributed by atoms with Crippen LogP contribution in [0.4, 0.5) is 0 Å². The Morgan fingerprint density at radius 1 is 1.03 bits per heavy atom. The van der Waals surface area contributed by atoms with Crippen molar-refractivity contribution >= 4 is 11.7 Å². The molecule has 0 saturated heterocycles. The van der Waals surface area contributed by atoms with E-state index in [1.165, 1.54) is 10.6 Å². The molecule has 1 N–H and O–H groups in total. The minimum absolute atomic E-state index is 0.0500. The van der Waals surface area contributed by atoms with Gasteiger partial charge < -0.3 is 9.88 Å². The van der Waals surface area contributed by atoms with Crippen LogP contribution in [0.3, 0.4) is 0 Å². The molecule has 2 aromatic heterocycles. The number of amides is 1. The molecule has 4 rings (SSSR count). The number of nitrogens with zero attached hydrogens (tertiary/aromatic N) is 4. The third kappa shape index (κ3) is 3.94. The van der Waals surface area contributed by atoms with Crippen LogP contribution in [0.5, 0.6) is 0 Å². The first kappa shape index (κ1) is 18.6. The molecular formula is C22H21N5O2. The Bertz CT molecular complexity index is 1240. The molecule has 2 heterocycles. The van der Waals surface area contributed by atoms with E-state index >= 15 is 0 Å². The summed E-state index contributed by atoms with van der Waals surface area (Å²) in [5.41, 5.74) is 3.30. The minimum Gasteiger partial charge on any atom is -0.350 e. The molecule has 0 radical (unpaired) electrons. The van der Waals surface area contributed by atoms with Crippen molar-refractivity contribution in [3.05, 3.63) is 87.8 Å². The number of nitrogens with one attached hydrogen (secondary N) is 1. The molecule has 0 aliphatic rings. The van der Waals surface area contributed by atoms with Crippen molar-refractivity contribution in [1.82, 2.24) is 24.5 Å². The second-order valence-corrected chi connectivity index (χ2v) is 6.99. The fourth-order valence-corrected chi connectivity index (χ4v) is 3.20. The number of hydrogen-bond acceptors (Lipinski definition) is 4. The van der Waals surface area contributed by atoms with Crippen LogP contribution in [0.25, 0.3) is 17.2 Å². The molecule has 0 bridgehead atoms. The number of benzene rings is 2. The van der Waals surface area contributed by atoms with Crippen LogP contribution in [0.2, 0.25) is 0 Å². The monoisotopic (exact) mass is 387 g/mol. The lowest BCUT2D eigenvalue weighted by atomic mass is 10.1. The molecule has 0 aliphatic heterocycles. The van der Waals surface area contributed by atoms with Gasteiger partial charge in [-0.15, -0.1) is 5.10 Å². The fraction of sp³-hybridized carbons (Fsp3) is 0.182. The third-order valence-electron chi connectivity index (χ3n) is 4.71. The molecular weight excluding hydrogens is 366 g/mol. The standard InChI is InChI=1S/C22H21N5O2/c1-15-7-6-10-18(11-15)21-24-22-26(16(2)12-20(29)27(22)25-21)14-19(28)23-13-17-8-4-3-5-9-17/h3-12H,13-14H2,1-2H3,(H,23,28). The summed E-state index contributed by atoms with van der Waals surface area (Å²) in [6, 6.07) is 18.9. The summed E-state index contributed by atoms with van der Waals surface area (Å²) in [5.74, 6) is 0.638. The first-order chi connectivity index (χ1) is 14.0. The van der Waals surface area contributed by atoms with E-state index in [0.29, 0.717) is 23.8 Å². The molecule has 0 atom stereocenters. The molecule has 0 saturated carbocycles. The Morgan fingerprint density at radius 2 is 1.83 bits per heavy atom. The van der Waals surface area contributed by atoms with Gasteiger partial charge in [0.25, 0.3) is 5.56 Å². The normalized spacial score (nSPS) is 11.0. The predicted molar refractivity (Wildman–Crippen MR) is 110 cm³/mol. The molecule has 7 nitrogen and oxygen atoms in total. The van der Waals surface area contributed by atoms with Crippen molar-refractivity contribution < 1.29 is 4.79 Å². The van der Waals surface area contributed by atoms with Gasteiger partial charge in [-0.3, -0.25) is 9.59 Å². The highest BCUT2D eigenvalue weighted by atomic mass is 16.2. The maximum absolute atomic E-state index is 12.5. The van der Waals surface area contributed by atoms with Crippen LogP contribution >= 0.6 is 0 Å². The summed E-state index contributed by atoms with van der Waals surface area (Å²) in [4.78, 5) is 29.5. The Kier molecular flexibility index (Phi) is 4.95. The van der Waals surface area contributed by atoms with Crippen molar-refractivity contribution in [3.8, 4) is 11.4 Å². The van der Waals surface area contributed by atoms with Gasteiger partial charge in [0.15, 0.2) is 5.82 Å². The van der Waals surface area contributed by atoms with E-state index in [-0.39, 0.29) is 18.0 Å². The average Bonchev–Trinajstić information content (AvgIpc) is 3.16. The lowest BCUT2D eigenvalue weighted by Crippen LogP contribution is -2.30. The van der Waals surface area contributed by atoms with Gasteiger partial charge in [-0.25, -0.2) is 0 Å². The molecule has 1 amide bonds. The number of hydrogen-bond donors (Lipinski definition) is 1. The van der Waals surface area contributed by atoms with Crippen molar-refractivity contribution in [2.75, 3.05) is 0 Å². The van der Waals surface area contributed by atoms with Crippen LogP contribution in [-0.4, -0.2) is 25.1 Å². The van der Waals surface area contributed by atoms with Gasteiger partial charge in [-0.1, -0.05) is 54.1 Å². The van der Waals surface area contributed by atoms with Gasteiger partial charge in [-0.05, 0) is 25.5 Å². The van der Waals surface area contributed by atoms with E-state index in [1.54, 1.807) is 11.5 Å². The van der Waals surface area contributed by atoms with Gasteiger partial charge in [0.1, 0.15) is 6.54 Å². The first-order valence-corrected chi connectivity index (χ1v) is 9.36. The Hall–Kier alpha value is -3.74. The average molecular weight is 387 g/mol.